The number of aromatic amines is 1. The van der Waals surface area contributed by atoms with E-state index < -0.39 is 5.97 Å². The third-order valence-electron chi connectivity index (χ3n) is 7.13. The van der Waals surface area contributed by atoms with Crippen LogP contribution in [0.4, 0.5) is 0 Å². The van der Waals surface area contributed by atoms with Crippen LogP contribution in [0.3, 0.4) is 0 Å². The van der Waals surface area contributed by atoms with Crippen molar-refractivity contribution in [2.24, 2.45) is 17.3 Å². The second-order valence-electron chi connectivity index (χ2n) is 9.72. The van der Waals surface area contributed by atoms with Gasteiger partial charge in [0.2, 0.25) is 5.78 Å². The molecule has 2 unspecified atom stereocenters. The van der Waals surface area contributed by atoms with Crippen LogP contribution in [0.15, 0.2) is 0 Å². The summed E-state index contributed by atoms with van der Waals surface area (Å²) in [6.45, 7) is 5.05. The summed E-state index contributed by atoms with van der Waals surface area (Å²) in [4.78, 5) is 40.8. The van der Waals surface area contributed by atoms with E-state index in [4.69, 9.17) is 9.47 Å². The number of H-pyrrole nitrogens is 1. The van der Waals surface area contributed by atoms with Gasteiger partial charge in [0.1, 0.15) is 0 Å². The molecule has 1 aromatic rings. The van der Waals surface area contributed by atoms with Crippen molar-refractivity contribution < 1.29 is 23.9 Å². The molecule has 4 bridgehead atoms. The number of ketones is 1. The van der Waals surface area contributed by atoms with Gasteiger partial charge >= 0.3 is 11.9 Å². The first-order chi connectivity index (χ1) is 14.1. The molecule has 0 saturated heterocycles. The van der Waals surface area contributed by atoms with Gasteiger partial charge in [0, 0.05) is 15.7 Å². The Morgan fingerprint density at radius 1 is 1.03 bits per heavy atom. The summed E-state index contributed by atoms with van der Waals surface area (Å²) in [6.07, 6.45) is 7.26. The lowest BCUT2D eigenvalue weighted by Gasteiger charge is -2.60. The second kappa shape index (κ2) is 7.81. The molecular formula is C23H30BrNO5. The molecular weight excluding hydrogens is 450 g/mol. The highest BCUT2D eigenvalue weighted by Gasteiger charge is 2.57. The molecule has 2 atom stereocenters. The minimum absolute atomic E-state index is 0.00436. The van der Waals surface area contributed by atoms with E-state index in [2.05, 4.69) is 20.9 Å². The average Bonchev–Trinajstić information content (AvgIpc) is 2.91. The van der Waals surface area contributed by atoms with Crippen LogP contribution in [0.2, 0.25) is 0 Å². The van der Waals surface area contributed by atoms with E-state index in [-0.39, 0.29) is 45.8 Å². The normalized spacial score (nSPS) is 31.6. The van der Waals surface area contributed by atoms with Crippen molar-refractivity contribution >= 4 is 33.7 Å². The number of hydrogen-bond acceptors (Lipinski definition) is 5. The Kier molecular flexibility index (Phi) is 5.62. The number of carbonyl (C=O) groups excluding carboxylic acids is 3. The third-order valence-corrected chi connectivity index (χ3v) is 8.06. The maximum absolute atomic E-state index is 12.8. The number of nitrogens with one attached hydrogen (secondary N) is 1. The van der Waals surface area contributed by atoms with Crippen molar-refractivity contribution in [3.8, 4) is 0 Å². The Balaban J connectivity index is 1.41. The topological polar surface area (TPSA) is 85.5 Å². The Labute approximate surface area is 185 Å². The van der Waals surface area contributed by atoms with Gasteiger partial charge in [-0.25, -0.2) is 4.79 Å². The van der Waals surface area contributed by atoms with Gasteiger partial charge in [-0.15, -0.1) is 0 Å². The molecule has 7 heteroatoms. The first-order valence-electron chi connectivity index (χ1n) is 10.9. The van der Waals surface area contributed by atoms with Gasteiger partial charge < -0.3 is 14.5 Å². The molecule has 164 valence electrons. The first-order valence-corrected chi connectivity index (χ1v) is 11.7. The Bertz CT molecular complexity index is 874. The molecule has 0 radical (unpaired) electrons. The zero-order chi connectivity index (χ0) is 21.7. The molecule has 30 heavy (non-hydrogen) atoms. The molecule has 1 heterocycles. The highest BCUT2D eigenvalue weighted by Crippen LogP contribution is 2.65. The third kappa shape index (κ3) is 3.97. The number of hydrogen-bond donors (Lipinski definition) is 1. The lowest BCUT2D eigenvalue weighted by molar-refractivity contribution is -0.149. The summed E-state index contributed by atoms with van der Waals surface area (Å²) in [5, 5.41) is 0. The van der Waals surface area contributed by atoms with E-state index >= 15 is 0 Å². The fourth-order valence-corrected chi connectivity index (χ4v) is 8.22. The molecule has 1 aromatic heterocycles. The highest BCUT2D eigenvalue weighted by atomic mass is 79.9. The Hall–Kier alpha value is -1.63. The molecule has 0 aromatic carbocycles. The van der Waals surface area contributed by atoms with E-state index in [1.165, 1.54) is 19.3 Å². The van der Waals surface area contributed by atoms with Crippen molar-refractivity contribution in [1.29, 1.82) is 0 Å². The number of Topliss-reactive ketones (excluding diaryl/α,β-unsaturated/α-hetero) is 1. The van der Waals surface area contributed by atoms with Crippen molar-refractivity contribution in [3.05, 3.63) is 22.5 Å². The molecule has 6 nitrogen and oxygen atoms in total. The van der Waals surface area contributed by atoms with Crippen LogP contribution in [-0.2, 0) is 14.3 Å². The molecule has 4 fully saturated rings. The van der Waals surface area contributed by atoms with Crippen LogP contribution in [0.5, 0.6) is 0 Å². The molecule has 5 rings (SSSR count). The number of alkyl halides is 1. The van der Waals surface area contributed by atoms with Crippen LogP contribution in [0, 0.1) is 31.1 Å². The zero-order valence-electron chi connectivity index (χ0n) is 17.9. The summed E-state index contributed by atoms with van der Waals surface area (Å²) in [6, 6.07) is 0. The molecule has 4 aliphatic carbocycles. The van der Waals surface area contributed by atoms with E-state index in [1.54, 1.807) is 20.8 Å². The summed E-state index contributed by atoms with van der Waals surface area (Å²) in [7, 11) is 0. The van der Waals surface area contributed by atoms with Gasteiger partial charge in [0.05, 0.1) is 24.2 Å². The maximum atomic E-state index is 12.8. The van der Waals surface area contributed by atoms with Gasteiger partial charge in [0.25, 0.3) is 0 Å². The SMILES string of the molecule is CCOC(=O)c1c(C)[nH]c(C)c1C(=O)COC(=O)CC12CC3CC(CC(Br)(C3)C1)C2. The van der Waals surface area contributed by atoms with Crippen molar-refractivity contribution in [3.63, 3.8) is 0 Å². The Morgan fingerprint density at radius 2 is 1.67 bits per heavy atom. The quantitative estimate of drug-likeness (QED) is 0.349. The van der Waals surface area contributed by atoms with Gasteiger partial charge in [-0.3, -0.25) is 9.59 Å². The molecule has 0 amide bonds. The summed E-state index contributed by atoms with van der Waals surface area (Å²) in [5.74, 6) is 0.153. The maximum Gasteiger partial charge on any atom is 0.340 e. The van der Waals surface area contributed by atoms with Gasteiger partial charge in [0.15, 0.2) is 6.61 Å². The fourth-order valence-electron chi connectivity index (χ4n) is 6.71. The van der Waals surface area contributed by atoms with Gasteiger partial charge in [-0.05, 0) is 76.5 Å². The summed E-state index contributed by atoms with van der Waals surface area (Å²) >= 11 is 3.97. The molecule has 4 aliphatic rings. The molecule has 1 N–H and O–H groups in total. The van der Waals surface area contributed by atoms with Gasteiger partial charge in [-0.2, -0.15) is 0 Å². The molecule has 0 aliphatic heterocycles. The highest BCUT2D eigenvalue weighted by molar-refractivity contribution is 9.10. The predicted octanol–water partition coefficient (Wildman–Crippen LogP) is 4.66. The van der Waals surface area contributed by atoms with E-state index in [1.807, 2.05) is 0 Å². The number of halogens is 1. The second-order valence-corrected chi connectivity index (χ2v) is 11.4. The number of ether oxygens (including phenoxy) is 2. The monoisotopic (exact) mass is 479 g/mol. The van der Waals surface area contributed by atoms with Crippen molar-refractivity contribution in [2.75, 3.05) is 13.2 Å². The summed E-state index contributed by atoms with van der Waals surface area (Å²) in [5.41, 5.74) is 1.66. The van der Waals surface area contributed by atoms with Crippen LogP contribution >= 0.6 is 15.9 Å². The number of rotatable bonds is 7. The van der Waals surface area contributed by atoms with Gasteiger partial charge in [-0.1, -0.05) is 15.9 Å². The van der Waals surface area contributed by atoms with E-state index in [0.29, 0.717) is 29.6 Å². The van der Waals surface area contributed by atoms with E-state index in [0.717, 1.165) is 19.3 Å². The number of aromatic nitrogens is 1. The largest absolute Gasteiger partial charge is 0.462 e. The fraction of sp³-hybridized carbons (Fsp3) is 0.696. The van der Waals surface area contributed by atoms with Crippen LogP contribution in [0.25, 0.3) is 0 Å². The lowest BCUT2D eigenvalue weighted by atomic mass is 9.49. The first kappa shape index (κ1) is 21.6. The van der Waals surface area contributed by atoms with Crippen LogP contribution in [-0.4, -0.2) is 40.2 Å². The number of carbonyl (C=O) groups is 3. The Morgan fingerprint density at radius 3 is 2.27 bits per heavy atom. The van der Waals surface area contributed by atoms with Crippen molar-refractivity contribution in [2.45, 2.75) is 70.0 Å². The number of esters is 2. The minimum Gasteiger partial charge on any atom is -0.462 e. The standard InChI is InChI=1S/C23H30BrNO5/c1-4-29-21(28)20-14(3)25-13(2)19(20)17(26)11-30-18(27)10-22-6-15-5-16(7-22)9-23(24,8-15)12-22/h15-16,25H,4-12H2,1-3H3. The lowest BCUT2D eigenvalue weighted by Crippen LogP contribution is -2.53. The molecule has 0 spiro atoms. The zero-order valence-corrected chi connectivity index (χ0v) is 19.5. The minimum atomic E-state index is -0.537. The van der Waals surface area contributed by atoms with Crippen LogP contribution in [0.1, 0.15) is 84.0 Å². The van der Waals surface area contributed by atoms with Crippen molar-refractivity contribution in [1.82, 2.24) is 4.98 Å². The van der Waals surface area contributed by atoms with Crippen LogP contribution < -0.4 is 0 Å². The van der Waals surface area contributed by atoms with E-state index in [9.17, 15) is 14.4 Å². The molecule has 4 saturated carbocycles. The predicted molar refractivity (Wildman–Crippen MR) is 115 cm³/mol. The smallest absolute Gasteiger partial charge is 0.340 e. The summed E-state index contributed by atoms with van der Waals surface area (Å²) < 4.78 is 10.7. The average molecular weight is 480 g/mol. The number of aryl methyl sites for hydroxylation is 2.